The molecule has 100 valence electrons. The fraction of sp³-hybridized carbons (Fsp3) is 0.769. The smallest absolute Gasteiger partial charge is 0.334 e. The molecule has 0 bridgehead atoms. The molecule has 0 saturated heterocycles. The van der Waals surface area contributed by atoms with Gasteiger partial charge in [0.1, 0.15) is 0 Å². The number of rotatable bonds is 8. The summed E-state index contributed by atoms with van der Waals surface area (Å²) >= 11 is 0. The van der Waals surface area contributed by atoms with E-state index in [1.54, 1.807) is 6.92 Å². The normalized spacial score (nSPS) is 12.9. The van der Waals surface area contributed by atoms with Crippen molar-refractivity contribution in [3.63, 3.8) is 0 Å². The summed E-state index contributed by atoms with van der Waals surface area (Å²) in [4.78, 5) is 15.8. The van der Waals surface area contributed by atoms with E-state index in [-0.39, 0.29) is 5.97 Å². The first-order valence-corrected chi connectivity index (χ1v) is 6.16. The highest BCUT2D eigenvalue weighted by Gasteiger charge is 2.17. The molecule has 0 heterocycles. The Labute approximate surface area is 105 Å². The maximum atomic E-state index is 11.5. The summed E-state index contributed by atoms with van der Waals surface area (Å²) in [5.41, 5.74) is 0.527. The Morgan fingerprint density at radius 1 is 1.35 bits per heavy atom. The van der Waals surface area contributed by atoms with Gasteiger partial charge < -0.3 is 9.64 Å². The first-order chi connectivity index (χ1) is 7.92. The predicted octanol–water partition coefficient (Wildman–Crippen LogP) is 1.38. The van der Waals surface area contributed by atoms with Crippen LogP contribution in [-0.4, -0.2) is 62.1 Å². The van der Waals surface area contributed by atoms with Crippen LogP contribution in [0.15, 0.2) is 12.2 Å². The van der Waals surface area contributed by atoms with E-state index >= 15 is 0 Å². The van der Waals surface area contributed by atoms with Crippen LogP contribution in [0.25, 0.3) is 0 Å². The van der Waals surface area contributed by atoms with Crippen molar-refractivity contribution in [2.75, 3.05) is 40.3 Å². The number of hydrogen-bond donors (Lipinski definition) is 0. The van der Waals surface area contributed by atoms with E-state index in [0.717, 1.165) is 13.1 Å². The van der Waals surface area contributed by atoms with Crippen molar-refractivity contribution in [3.8, 4) is 0 Å². The SMILES string of the molecule is C=C(CN(CC)C(C)CN(C)C)C(=O)OCC. The van der Waals surface area contributed by atoms with Crippen LogP contribution in [0.5, 0.6) is 0 Å². The monoisotopic (exact) mass is 242 g/mol. The fourth-order valence-electron chi connectivity index (χ4n) is 1.77. The standard InChI is InChI=1S/C13H26N2O2/c1-7-15(12(4)10-14(5)6)9-11(3)13(16)17-8-2/h12H,3,7-10H2,1-2,4-6H3. The van der Waals surface area contributed by atoms with Gasteiger partial charge in [-0.2, -0.15) is 0 Å². The van der Waals surface area contributed by atoms with Gasteiger partial charge in [-0.25, -0.2) is 4.79 Å². The van der Waals surface area contributed by atoms with Gasteiger partial charge in [0.15, 0.2) is 0 Å². The molecule has 0 spiro atoms. The topological polar surface area (TPSA) is 32.8 Å². The summed E-state index contributed by atoms with van der Waals surface area (Å²) in [5.74, 6) is -0.289. The Balaban J connectivity index is 4.29. The minimum atomic E-state index is -0.289. The largest absolute Gasteiger partial charge is 0.463 e. The van der Waals surface area contributed by atoms with Crippen molar-refractivity contribution >= 4 is 5.97 Å². The zero-order chi connectivity index (χ0) is 13.4. The Bertz CT molecular complexity index is 252. The Kier molecular flexibility index (Phi) is 7.83. The van der Waals surface area contributed by atoms with Gasteiger partial charge in [-0.15, -0.1) is 0 Å². The lowest BCUT2D eigenvalue weighted by atomic mass is 10.2. The van der Waals surface area contributed by atoms with Crippen LogP contribution in [0, 0.1) is 0 Å². The molecule has 0 aromatic carbocycles. The number of carbonyl (C=O) groups excluding carboxylic acids is 1. The van der Waals surface area contributed by atoms with Gasteiger partial charge in [0.25, 0.3) is 0 Å². The molecule has 0 aliphatic carbocycles. The zero-order valence-corrected chi connectivity index (χ0v) is 11.8. The Hall–Kier alpha value is -0.870. The molecule has 4 nitrogen and oxygen atoms in total. The van der Waals surface area contributed by atoms with E-state index in [9.17, 15) is 4.79 Å². The molecule has 0 aliphatic heterocycles. The minimum Gasteiger partial charge on any atom is -0.463 e. The van der Waals surface area contributed by atoms with Crippen LogP contribution in [-0.2, 0) is 9.53 Å². The highest BCUT2D eigenvalue weighted by atomic mass is 16.5. The molecule has 1 atom stereocenters. The van der Waals surface area contributed by atoms with E-state index < -0.39 is 0 Å². The quantitative estimate of drug-likeness (QED) is 0.475. The van der Waals surface area contributed by atoms with Crippen molar-refractivity contribution in [3.05, 3.63) is 12.2 Å². The van der Waals surface area contributed by atoms with E-state index in [1.807, 2.05) is 14.1 Å². The average Bonchev–Trinajstić information content (AvgIpc) is 2.24. The van der Waals surface area contributed by atoms with Crippen LogP contribution in [0.4, 0.5) is 0 Å². The van der Waals surface area contributed by atoms with Crippen molar-refractivity contribution < 1.29 is 9.53 Å². The molecule has 17 heavy (non-hydrogen) atoms. The number of carbonyl (C=O) groups is 1. The number of hydrogen-bond acceptors (Lipinski definition) is 4. The second kappa shape index (κ2) is 8.25. The average molecular weight is 242 g/mol. The first kappa shape index (κ1) is 16.1. The molecule has 0 N–H and O–H groups in total. The zero-order valence-electron chi connectivity index (χ0n) is 11.8. The molecule has 0 aromatic rings. The third-order valence-electron chi connectivity index (χ3n) is 2.62. The molecule has 0 saturated carbocycles. The van der Waals surface area contributed by atoms with Gasteiger partial charge in [-0.05, 0) is 34.5 Å². The minimum absolute atomic E-state index is 0.289. The third-order valence-corrected chi connectivity index (χ3v) is 2.62. The van der Waals surface area contributed by atoms with Crippen LogP contribution in [0.2, 0.25) is 0 Å². The fourth-order valence-corrected chi connectivity index (χ4v) is 1.77. The van der Waals surface area contributed by atoms with E-state index in [4.69, 9.17) is 4.74 Å². The lowest BCUT2D eigenvalue weighted by Gasteiger charge is -2.30. The molecule has 0 radical (unpaired) electrons. The van der Waals surface area contributed by atoms with E-state index in [1.165, 1.54) is 0 Å². The lowest BCUT2D eigenvalue weighted by molar-refractivity contribution is -0.138. The number of ether oxygens (including phenoxy) is 1. The summed E-state index contributed by atoms with van der Waals surface area (Å²) in [7, 11) is 4.09. The van der Waals surface area contributed by atoms with Crippen LogP contribution < -0.4 is 0 Å². The summed E-state index contributed by atoms with van der Waals surface area (Å²) in [5, 5.41) is 0. The van der Waals surface area contributed by atoms with Gasteiger partial charge in [0.2, 0.25) is 0 Å². The Morgan fingerprint density at radius 2 is 1.94 bits per heavy atom. The molecular weight excluding hydrogens is 216 g/mol. The molecule has 0 amide bonds. The van der Waals surface area contributed by atoms with Gasteiger partial charge in [-0.3, -0.25) is 4.90 Å². The maximum absolute atomic E-state index is 11.5. The number of esters is 1. The van der Waals surface area contributed by atoms with Crippen molar-refractivity contribution in [2.24, 2.45) is 0 Å². The summed E-state index contributed by atoms with van der Waals surface area (Å²) < 4.78 is 4.93. The van der Waals surface area contributed by atoms with Gasteiger partial charge >= 0.3 is 5.97 Å². The number of nitrogens with zero attached hydrogens (tertiary/aromatic N) is 2. The summed E-state index contributed by atoms with van der Waals surface area (Å²) in [6, 6.07) is 0.390. The molecule has 4 heteroatoms. The van der Waals surface area contributed by atoms with Crippen molar-refractivity contribution in [1.29, 1.82) is 0 Å². The van der Waals surface area contributed by atoms with Gasteiger partial charge in [0, 0.05) is 24.7 Å². The highest BCUT2D eigenvalue weighted by Crippen LogP contribution is 2.05. The summed E-state index contributed by atoms with van der Waals surface area (Å²) in [6.45, 7) is 12.7. The molecule has 0 aromatic heterocycles. The van der Waals surface area contributed by atoms with Crippen LogP contribution >= 0.6 is 0 Å². The molecule has 0 fully saturated rings. The second-order valence-electron chi connectivity index (χ2n) is 4.50. The lowest BCUT2D eigenvalue weighted by Crippen LogP contribution is -2.41. The molecular formula is C13H26N2O2. The Morgan fingerprint density at radius 3 is 2.35 bits per heavy atom. The second-order valence-corrected chi connectivity index (χ2v) is 4.50. The van der Waals surface area contributed by atoms with E-state index in [0.29, 0.717) is 24.8 Å². The highest BCUT2D eigenvalue weighted by molar-refractivity contribution is 5.88. The van der Waals surface area contributed by atoms with Gasteiger partial charge in [0.05, 0.1) is 6.61 Å². The predicted molar refractivity (Wildman–Crippen MR) is 71.0 cm³/mol. The van der Waals surface area contributed by atoms with Crippen LogP contribution in [0.1, 0.15) is 20.8 Å². The van der Waals surface area contributed by atoms with Crippen LogP contribution in [0.3, 0.4) is 0 Å². The van der Waals surface area contributed by atoms with Gasteiger partial charge in [-0.1, -0.05) is 13.5 Å². The molecule has 0 aliphatic rings. The van der Waals surface area contributed by atoms with Crippen molar-refractivity contribution in [2.45, 2.75) is 26.8 Å². The molecule has 0 rings (SSSR count). The summed E-state index contributed by atoms with van der Waals surface area (Å²) in [6.07, 6.45) is 0. The first-order valence-electron chi connectivity index (χ1n) is 6.16. The molecule has 1 unspecified atom stereocenters. The third kappa shape index (κ3) is 6.44. The number of likely N-dealkylation sites (N-methyl/N-ethyl adjacent to an activating group) is 2. The van der Waals surface area contributed by atoms with Crippen molar-refractivity contribution in [1.82, 2.24) is 9.80 Å². The van der Waals surface area contributed by atoms with E-state index in [2.05, 4.69) is 30.2 Å². The maximum Gasteiger partial charge on any atom is 0.334 e.